The van der Waals surface area contributed by atoms with E-state index in [1.807, 2.05) is 0 Å². The highest BCUT2D eigenvalue weighted by Crippen LogP contribution is 2.27. The molecule has 0 saturated carbocycles. The normalized spacial score (nSPS) is 11.3. The van der Waals surface area contributed by atoms with Gasteiger partial charge in [-0.25, -0.2) is 17.2 Å². The molecule has 0 amide bonds. The number of anilines is 2. The van der Waals surface area contributed by atoms with E-state index in [0.717, 1.165) is 0 Å². The fourth-order valence-corrected chi connectivity index (χ4v) is 2.84. The maximum atomic E-state index is 13.1. The first-order valence-electron chi connectivity index (χ1n) is 5.32. The van der Waals surface area contributed by atoms with Crippen LogP contribution in [0, 0.1) is 11.6 Å². The van der Waals surface area contributed by atoms with E-state index in [1.165, 1.54) is 18.2 Å². The highest BCUT2D eigenvalue weighted by atomic mass is 35.5. The summed E-state index contributed by atoms with van der Waals surface area (Å²) in [6.07, 6.45) is 0. The lowest BCUT2D eigenvalue weighted by Crippen LogP contribution is -2.14. The summed E-state index contributed by atoms with van der Waals surface area (Å²) in [6.45, 7) is 0. The molecule has 2 aromatic rings. The first kappa shape index (κ1) is 14.5. The highest BCUT2D eigenvalue weighted by Gasteiger charge is 2.18. The molecular weight excluding hydrogens is 310 g/mol. The molecule has 0 spiro atoms. The Hall–Kier alpha value is -1.86. The zero-order chi connectivity index (χ0) is 14.9. The number of nitrogens with two attached hydrogens (primary N) is 1. The van der Waals surface area contributed by atoms with E-state index in [2.05, 4.69) is 4.72 Å². The third kappa shape index (κ3) is 3.17. The van der Waals surface area contributed by atoms with E-state index in [9.17, 15) is 17.2 Å². The van der Waals surface area contributed by atoms with Gasteiger partial charge >= 0.3 is 0 Å². The molecule has 0 bridgehead atoms. The molecule has 4 nitrogen and oxygen atoms in total. The average Bonchev–Trinajstić information content (AvgIpc) is 2.32. The Labute approximate surface area is 119 Å². The molecule has 0 heterocycles. The predicted octanol–water partition coefficient (Wildman–Crippen LogP) is 3.00. The minimum absolute atomic E-state index is 0.0244. The van der Waals surface area contributed by atoms with E-state index in [-0.39, 0.29) is 16.4 Å². The third-order valence-corrected chi connectivity index (χ3v) is 4.06. The van der Waals surface area contributed by atoms with Gasteiger partial charge in [0.2, 0.25) is 0 Å². The minimum atomic E-state index is -4.17. The van der Waals surface area contributed by atoms with Crippen LogP contribution in [0.3, 0.4) is 0 Å². The second kappa shape index (κ2) is 5.26. The molecule has 8 heteroatoms. The SMILES string of the molecule is Nc1ccc(Cl)c(NS(=O)(=O)c2cc(F)cc(F)c2)c1. The lowest BCUT2D eigenvalue weighted by atomic mass is 10.3. The monoisotopic (exact) mass is 318 g/mol. The van der Waals surface area contributed by atoms with Crippen LogP contribution in [0.25, 0.3) is 0 Å². The van der Waals surface area contributed by atoms with Crippen molar-refractivity contribution >= 4 is 33.0 Å². The van der Waals surface area contributed by atoms with Gasteiger partial charge in [0.25, 0.3) is 10.0 Å². The van der Waals surface area contributed by atoms with Gasteiger partial charge in [0, 0.05) is 11.8 Å². The van der Waals surface area contributed by atoms with Crippen molar-refractivity contribution in [3.63, 3.8) is 0 Å². The van der Waals surface area contributed by atoms with Crippen LogP contribution in [-0.4, -0.2) is 8.42 Å². The topological polar surface area (TPSA) is 72.2 Å². The fraction of sp³-hybridized carbons (Fsp3) is 0. The van der Waals surface area contributed by atoms with Gasteiger partial charge in [-0.05, 0) is 30.3 Å². The van der Waals surface area contributed by atoms with Crippen molar-refractivity contribution in [3.8, 4) is 0 Å². The summed E-state index contributed by atoms with van der Waals surface area (Å²) in [4.78, 5) is -0.548. The number of halogens is 3. The Morgan fingerprint density at radius 1 is 1.05 bits per heavy atom. The standard InChI is InChI=1S/C12H9ClF2N2O2S/c13-11-2-1-9(16)6-12(11)17-20(18,19)10-4-7(14)3-8(15)5-10/h1-6,17H,16H2. The second-order valence-corrected chi connectivity index (χ2v) is 6.04. The van der Waals surface area contributed by atoms with Crippen LogP contribution in [0.5, 0.6) is 0 Å². The Morgan fingerprint density at radius 3 is 2.25 bits per heavy atom. The number of hydrogen-bond acceptors (Lipinski definition) is 3. The summed E-state index contributed by atoms with van der Waals surface area (Å²) in [5.41, 5.74) is 5.83. The first-order chi connectivity index (χ1) is 9.28. The van der Waals surface area contributed by atoms with Gasteiger partial charge in [0.1, 0.15) is 11.6 Å². The van der Waals surface area contributed by atoms with Gasteiger partial charge in [-0.15, -0.1) is 0 Å². The fourth-order valence-electron chi connectivity index (χ4n) is 1.51. The summed E-state index contributed by atoms with van der Waals surface area (Å²) in [5, 5.41) is 0.111. The van der Waals surface area contributed by atoms with Crippen LogP contribution in [0.1, 0.15) is 0 Å². The first-order valence-corrected chi connectivity index (χ1v) is 7.18. The van der Waals surface area contributed by atoms with Gasteiger partial charge in [0.15, 0.2) is 0 Å². The molecule has 0 unspecified atom stereocenters. The van der Waals surface area contributed by atoms with Gasteiger partial charge in [-0.2, -0.15) is 0 Å². The van der Waals surface area contributed by atoms with E-state index in [4.69, 9.17) is 17.3 Å². The lowest BCUT2D eigenvalue weighted by molar-refractivity contribution is 0.568. The molecule has 20 heavy (non-hydrogen) atoms. The summed E-state index contributed by atoms with van der Waals surface area (Å²) in [7, 11) is -4.17. The molecule has 0 radical (unpaired) electrons. The third-order valence-electron chi connectivity index (χ3n) is 2.38. The van der Waals surface area contributed by atoms with E-state index < -0.39 is 26.6 Å². The molecular formula is C12H9ClF2N2O2S. The van der Waals surface area contributed by atoms with Crippen molar-refractivity contribution in [2.24, 2.45) is 0 Å². The van der Waals surface area contributed by atoms with Crippen LogP contribution in [0.2, 0.25) is 5.02 Å². The molecule has 0 aliphatic carbocycles. The molecule has 0 aromatic heterocycles. The smallest absolute Gasteiger partial charge is 0.262 e. The Balaban J connectivity index is 2.43. The van der Waals surface area contributed by atoms with E-state index in [1.54, 1.807) is 0 Å². The van der Waals surface area contributed by atoms with Crippen LogP contribution < -0.4 is 10.5 Å². The molecule has 2 aromatic carbocycles. The van der Waals surface area contributed by atoms with Crippen molar-refractivity contribution in [1.82, 2.24) is 0 Å². The summed E-state index contributed by atoms with van der Waals surface area (Å²) >= 11 is 5.82. The predicted molar refractivity (Wildman–Crippen MR) is 73.0 cm³/mol. The van der Waals surface area contributed by atoms with Crippen LogP contribution in [0.15, 0.2) is 41.3 Å². The lowest BCUT2D eigenvalue weighted by Gasteiger charge is -2.10. The highest BCUT2D eigenvalue weighted by molar-refractivity contribution is 7.92. The number of nitrogens with one attached hydrogen (secondary N) is 1. The maximum Gasteiger partial charge on any atom is 0.262 e. The molecule has 0 fully saturated rings. The zero-order valence-corrected chi connectivity index (χ0v) is 11.5. The molecule has 3 N–H and O–H groups in total. The minimum Gasteiger partial charge on any atom is -0.399 e. The second-order valence-electron chi connectivity index (χ2n) is 3.95. The van der Waals surface area contributed by atoms with Crippen molar-refractivity contribution in [2.75, 3.05) is 10.5 Å². The number of nitrogen functional groups attached to an aromatic ring is 1. The quantitative estimate of drug-likeness (QED) is 0.854. The summed E-state index contributed by atoms with van der Waals surface area (Å²) < 4.78 is 52.3. The average molecular weight is 319 g/mol. The number of sulfonamides is 1. The Bertz CT molecular complexity index is 746. The Kier molecular flexibility index (Phi) is 3.82. The van der Waals surface area contributed by atoms with Crippen molar-refractivity contribution in [1.29, 1.82) is 0 Å². The van der Waals surface area contributed by atoms with Crippen molar-refractivity contribution in [2.45, 2.75) is 4.90 Å². The van der Waals surface area contributed by atoms with Crippen LogP contribution >= 0.6 is 11.6 Å². The molecule has 0 atom stereocenters. The van der Waals surface area contributed by atoms with E-state index >= 15 is 0 Å². The number of rotatable bonds is 3. The summed E-state index contributed by atoms with van der Waals surface area (Å²) in [6, 6.07) is 6.17. The largest absolute Gasteiger partial charge is 0.399 e. The van der Waals surface area contributed by atoms with E-state index in [0.29, 0.717) is 18.2 Å². The van der Waals surface area contributed by atoms with Gasteiger partial charge < -0.3 is 5.73 Å². The molecule has 0 saturated heterocycles. The number of benzene rings is 2. The molecule has 2 rings (SSSR count). The zero-order valence-electron chi connectivity index (χ0n) is 9.90. The summed E-state index contributed by atoms with van der Waals surface area (Å²) in [5.74, 6) is -1.99. The van der Waals surface area contributed by atoms with Gasteiger partial charge in [-0.3, -0.25) is 4.72 Å². The Morgan fingerprint density at radius 2 is 1.65 bits per heavy atom. The van der Waals surface area contributed by atoms with Crippen molar-refractivity contribution in [3.05, 3.63) is 53.1 Å². The molecule has 0 aliphatic heterocycles. The van der Waals surface area contributed by atoms with Gasteiger partial charge in [0.05, 0.1) is 15.6 Å². The molecule has 106 valence electrons. The maximum absolute atomic E-state index is 13.1. The van der Waals surface area contributed by atoms with Crippen LogP contribution in [0.4, 0.5) is 20.2 Å². The van der Waals surface area contributed by atoms with Crippen molar-refractivity contribution < 1.29 is 17.2 Å². The van der Waals surface area contributed by atoms with Gasteiger partial charge in [-0.1, -0.05) is 11.6 Å². The number of hydrogen-bond donors (Lipinski definition) is 2. The molecule has 0 aliphatic rings. The van der Waals surface area contributed by atoms with Crippen LogP contribution in [-0.2, 0) is 10.0 Å².